The highest BCUT2D eigenvalue weighted by Gasteiger charge is 2.22. The van der Waals surface area contributed by atoms with Crippen LogP contribution in [0.3, 0.4) is 0 Å². The van der Waals surface area contributed by atoms with Crippen LogP contribution in [0.2, 0.25) is 0 Å². The van der Waals surface area contributed by atoms with E-state index in [2.05, 4.69) is 40.8 Å². The number of carboxylic acids is 2. The van der Waals surface area contributed by atoms with Crippen molar-refractivity contribution in [2.24, 2.45) is 0 Å². The van der Waals surface area contributed by atoms with Gasteiger partial charge in [0.15, 0.2) is 0 Å². The maximum absolute atomic E-state index is 12.7. The van der Waals surface area contributed by atoms with Gasteiger partial charge in [0.05, 0.1) is 4.90 Å². The minimum Gasteiger partial charge on any atom is -0.473 e. The first-order valence-electron chi connectivity index (χ1n) is 10.6. The second-order valence-electron chi connectivity index (χ2n) is 7.25. The van der Waals surface area contributed by atoms with E-state index >= 15 is 0 Å². The van der Waals surface area contributed by atoms with E-state index < -0.39 is 22.0 Å². The topological polar surface area (TPSA) is 124 Å². The molecule has 0 saturated heterocycles. The average molecular weight is 485 g/mol. The quantitative estimate of drug-likeness (QED) is 0.398. The Morgan fingerprint density at radius 1 is 0.824 bits per heavy atom. The van der Waals surface area contributed by atoms with Crippen LogP contribution in [0, 0.1) is 0 Å². The summed E-state index contributed by atoms with van der Waals surface area (Å²) < 4.78 is 28.2. The number of hydrogen-bond donors (Lipinski definition) is 3. The summed E-state index contributed by atoms with van der Waals surface area (Å²) in [5.74, 6) is -3.65. The SMILES string of the molecule is CCN(Cc1ccccc1)C(CNS(=O)(=O)c1ccccc1)c1ccccc1.O=C(O)C(=O)O. The van der Waals surface area contributed by atoms with Gasteiger partial charge in [-0.05, 0) is 29.8 Å². The molecule has 0 spiro atoms. The molecule has 3 aromatic rings. The number of likely N-dealkylation sites (N-methyl/N-ethyl adjacent to an activating group) is 1. The molecule has 8 nitrogen and oxygen atoms in total. The van der Waals surface area contributed by atoms with Gasteiger partial charge in [-0.25, -0.2) is 22.7 Å². The third-order valence-electron chi connectivity index (χ3n) is 4.96. The largest absolute Gasteiger partial charge is 0.473 e. The zero-order valence-corrected chi connectivity index (χ0v) is 19.6. The van der Waals surface area contributed by atoms with Crippen LogP contribution in [0.25, 0.3) is 0 Å². The number of nitrogens with one attached hydrogen (secondary N) is 1. The lowest BCUT2D eigenvalue weighted by molar-refractivity contribution is -0.159. The first-order chi connectivity index (χ1) is 16.2. The zero-order chi connectivity index (χ0) is 25.0. The molecule has 1 atom stereocenters. The molecule has 1 unspecified atom stereocenters. The van der Waals surface area contributed by atoms with E-state index in [-0.39, 0.29) is 10.9 Å². The summed E-state index contributed by atoms with van der Waals surface area (Å²) >= 11 is 0. The fourth-order valence-electron chi connectivity index (χ4n) is 3.26. The van der Waals surface area contributed by atoms with Crippen LogP contribution in [0.5, 0.6) is 0 Å². The fourth-order valence-corrected chi connectivity index (χ4v) is 4.32. The molecule has 34 heavy (non-hydrogen) atoms. The lowest BCUT2D eigenvalue weighted by atomic mass is 10.0. The van der Waals surface area contributed by atoms with E-state index in [1.807, 2.05) is 42.5 Å². The lowest BCUT2D eigenvalue weighted by Crippen LogP contribution is -2.37. The van der Waals surface area contributed by atoms with Crippen LogP contribution in [0.15, 0.2) is 95.9 Å². The molecule has 0 aliphatic rings. The number of benzene rings is 3. The molecule has 3 aromatic carbocycles. The van der Waals surface area contributed by atoms with Gasteiger partial charge in [-0.1, -0.05) is 85.8 Å². The van der Waals surface area contributed by atoms with Gasteiger partial charge in [0.25, 0.3) is 0 Å². The number of hydrogen-bond acceptors (Lipinski definition) is 5. The van der Waals surface area contributed by atoms with Crippen LogP contribution in [-0.2, 0) is 26.2 Å². The van der Waals surface area contributed by atoms with Crippen molar-refractivity contribution in [3.63, 3.8) is 0 Å². The van der Waals surface area contributed by atoms with Crippen molar-refractivity contribution in [2.45, 2.75) is 24.4 Å². The second-order valence-corrected chi connectivity index (χ2v) is 9.02. The maximum atomic E-state index is 12.7. The number of carbonyl (C=O) groups is 2. The summed E-state index contributed by atoms with van der Waals surface area (Å²) in [6.07, 6.45) is 0. The van der Waals surface area contributed by atoms with E-state index in [4.69, 9.17) is 19.8 Å². The molecule has 9 heteroatoms. The van der Waals surface area contributed by atoms with Crippen LogP contribution in [0.1, 0.15) is 24.1 Å². The normalized spacial score (nSPS) is 11.8. The summed E-state index contributed by atoms with van der Waals surface area (Å²) in [6.45, 7) is 3.97. The van der Waals surface area contributed by atoms with Crippen molar-refractivity contribution >= 4 is 22.0 Å². The molecule has 0 bridgehead atoms. The van der Waals surface area contributed by atoms with Crippen molar-refractivity contribution < 1.29 is 28.2 Å². The van der Waals surface area contributed by atoms with Crippen LogP contribution >= 0.6 is 0 Å². The predicted molar refractivity (Wildman–Crippen MR) is 129 cm³/mol. The zero-order valence-electron chi connectivity index (χ0n) is 18.7. The fraction of sp³-hybridized carbons (Fsp3) is 0.200. The standard InChI is InChI=1S/C23H26N2O2S.C2H2O4/c1-2-25(19-20-12-6-3-7-13-20)23(21-14-8-4-9-15-21)18-24-28(26,27)22-16-10-5-11-17-22;3-1(4)2(5)6/h3-17,23-24H,2,18-19H2,1H3;(H,3,4)(H,5,6). The smallest absolute Gasteiger partial charge is 0.414 e. The summed E-state index contributed by atoms with van der Waals surface area (Å²) in [7, 11) is -3.55. The summed E-state index contributed by atoms with van der Waals surface area (Å²) in [6, 6.07) is 28.7. The molecule has 0 amide bonds. The molecule has 0 aliphatic heterocycles. The highest BCUT2D eigenvalue weighted by molar-refractivity contribution is 7.89. The van der Waals surface area contributed by atoms with Crippen LogP contribution < -0.4 is 4.72 Å². The summed E-state index contributed by atoms with van der Waals surface area (Å²) in [5, 5.41) is 14.8. The van der Waals surface area contributed by atoms with Gasteiger partial charge in [-0.15, -0.1) is 0 Å². The van der Waals surface area contributed by atoms with Gasteiger partial charge in [0.1, 0.15) is 0 Å². The summed E-state index contributed by atoms with van der Waals surface area (Å²) in [4.78, 5) is 20.8. The highest BCUT2D eigenvalue weighted by Crippen LogP contribution is 2.23. The molecular formula is C25H28N2O6S. The molecule has 0 radical (unpaired) electrons. The Labute approximate surface area is 199 Å². The van der Waals surface area contributed by atoms with Crippen molar-refractivity contribution in [1.29, 1.82) is 0 Å². The van der Waals surface area contributed by atoms with E-state index in [0.29, 0.717) is 6.54 Å². The average Bonchev–Trinajstić information content (AvgIpc) is 2.85. The highest BCUT2D eigenvalue weighted by atomic mass is 32.2. The Bertz CT molecular complexity index is 1130. The van der Waals surface area contributed by atoms with E-state index in [0.717, 1.165) is 18.7 Å². The number of rotatable bonds is 9. The second kappa shape index (κ2) is 13.2. The minimum atomic E-state index is -3.55. The van der Waals surface area contributed by atoms with Gasteiger partial charge in [-0.2, -0.15) is 0 Å². The van der Waals surface area contributed by atoms with Gasteiger partial charge in [-0.3, -0.25) is 4.90 Å². The van der Waals surface area contributed by atoms with E-state index in [1.165, 1.54) is 5.56 Å². The molecular weight excluding hydrogens is 456 g/mol. The first kappa shape index (κ1) is 26.7. The molecule has 0 saturated carbocycles. The molecule has 0 aromatic heterocycles. The molecule has 3 N–H and O–H groups in total. The Morgan fingerprint density at radius 2 is 1.29 bits per heavy atom. The lowest BCUT2D eigenvalue weighted by Gasteiger charge is -2.31. The Kier molecular flexibility index (Phi) is 10.4. The maximum Gasteiger partial charge on any atom is 0.414 e. The third-order valence-corrected chi connectivity index (χ3v) is 6.40. The van der Waals surface area contributed by atoms with Gasteiger partial charge < -0.3 is 10.2 Å². The molecule has 3 rings (SSSR count). The van der Waals surface area contributed by atoms with Crippen molar-refractivity contribution in [1.82, 2.24) is 9.62 Å². The van der Waals surface area contributed by atoms with Crippen LogP contribution in [-0.4, -0.2) is 48.6 Å². The first-order valence-corrected chi connectivity index (χ1v) is 12.1. The predicted octanol–water partition coefficient (Wildman–Crippen LogP) is 3.38. The Hall–Kier alpha value is -3.53. The van der Waals surface area contributed by atoms with E-state index in [1.54, 1.807) is 24.3 Å². The van der Waals surface area contributed by atoms with Gasteiger partial charge >= 0.3 is 11.9 Å². The van der Waals surface area contributed by atoms with Gasteiger partial charge in [0.2, 0.25) is 10.0 Å². The summed E-state index contributed by atoms with van der Waals surface area (Å²) in [5.41, 5.74) is 2.30. The molecule has 0 heterocycles. The molecule has 0 aliphatic carbocycles. The van der Waals surface area contributed by atoms with E-state index in [9.17, 15) is 8.42 Å². The number of nitrogens with zero attached hydrogens (tertiary/aromatic N) is 1. The Balaban J connectivity index is 0.000000604. The number of aliphatic carboxylic acids is 2. The van der Waals surface area contributed by atoms with Crippen molar-refractivity contribution in [3.8, 4) is 0 Å². The van der Waals surface area contributed by atoms with Crippen molar-refractivity contribution in [3.05, 3.63) is 102 Å². The molecule has 180 valence electrons. The number of carboxylic acid groups (broad SMARTS) is 2. The van der Waals surface area contributed by atoms with Crippen molar-refractivity contribution in [2.75, 3.05) is 13.1 Å². The third kappa shape index (κ3) is 8.43. The van der Waals surface area contributed by atoms with Crippen LogP contribution in [0.4, 0.5) is 0 Å². The number of sulfonamides is 1. The van der Waals surface area contributed by atoms with Gasteiger partial charge in [0, 0.05) is 19.1 Å². The molecule has 0 fully saturated rings. The Morgan fingerprint density at radius 3 is 1.76 bits per heavy atom. The minimum absolute atomic E-state index is 0.0649. The monoisotopic (exact) mass is 484 g/mol.